The molecule has 0 atom stereocenters. The van der Waals surface area contributed by atoms with Crippen LogP contribution >= 0.6 is 0 Å². The number of likely N-dealkylation sites (N-methyl/N-ethyl adjacent to an activating group) is 1. The zero-order chi connectivity index (χ0) is 20.4. The van der Waals surface area contributed by atoms with Gasteiger partial charge in [0.25, 0.3) is 5.91 Å². The molecule has 2 N–H and O–H groups in total. The molecule has 0 aliphatic carbocycles. The van der Waals surface area contributed by atoms with Crippen molar-refractivity contribution in [2.45, 2.75) is 24.7 Å². The molecule has 1 heterocycles. The van der Waals surface area contributed by atoms with Gasteiger partial charge in [0.05, 0.1) is 11.4 Å². The second-order valence-corrected chi connectivity index (χ2v) is 8.56. The summed E-state index contributed by atoms with van der Waals surface area (Å²) in [6, 6.07) is 5.83. The standard InChI is InChI=1S/C20H30N4O3S/c1-3-11-22-28(26,27)19-9-7-18(8-10-19)20(25)21-12-5-6-13-24-16-14-23(4-2)15-17-24/h1,7-10,22H,4-6,11-17H2,2H3,(H,21,25). The summed E-state index contributed by atoms with van der Waals surface area (Å²) in [4.78, 5) is 17.2. The smallest absolute Gasteiger partial charge is 0.251 e. The summed E-state index contributed by atoms with van der Waals surface area (Å²) in [6.45, 7) is 9.42. The van der Waals surface area contributed by atoms with Crippen molar-refractivity contribution >= 4 is 15.9 Å². The fourth-order valence-electron chi connectivity index (χ4n) is 3.10. The fraction of sp³-hybridized carbons (Fsp3) is 0.550. The molecule has 1 saturated heterocycles. The Morgan fingerprint density at radius 2 is 1.75 bits per heavy atom. The van der Waals surface area contributed by atoms with Gasteiger partial charge < -0.3 is 15.1 Å². The molecule has 1 amide bonds. The van der Waals surface area contributed by atoms with Gasteiger partial charge in [-0.1, -0.05) is 12.8 Å². The van der Waals surface area contributed by atoms with Crippen LogP contribution in [0, 0.1) is 12.3 Å². The number of piperazine rings is 1. The molecule has 8 heteroatoms. The number of amides is 1. The van der Waals surface area contributed by atoms with Crippen LogP contribution in [0.1, 0.15) is 30.1 Å². The molecule has 0 unspecified atom stereocenters. The maximum absolute atomic E-state index is 12.2. The van der Waals surface area contributed by atoms with Crippen LogP contribution in [-0.4, -0.2) is 76.5 Å². The Balaban J connectivity index is 1.68. The Morgan fingerprint density at radius 1 is 1.11 bits per heavy atom. The van der Waals surface area contributed by atoms with E-state index in [9.17, 15) is 13.2 Å². The summed E-state index contributed by atoms with van der Waals surface area (Å²) in [5.74, 6) is 2.03. The van der Waals surface area contributed by atoms with Crippen molar-refractivity contribution in [1.29, 1.82) is 0 Å². The lowest BCUT2D eigenvalue weighted by atomic mass is 10.2. The average Bonchev–Trinajstić information content (AvgIpc) is 2.72. The molecule has 0 saturated carbocycles. The predicted molar refractivity (Wildman–Crippen MR) is 111 cm³/mol. The van der Waals surface area contributed by atoms with Gasteiger partial charge in [0, 0.05) is 38.3 Å². The number of nitrogens with one attached hydrogen (secondary N) is 2. The number of sulfonamides is 1. The topological polar surface area (TPSA) is 81.7 Å². The Hall–Kier alpha value is -1.92. The summed E-state index contributed by atoms with van der Waals surface area (Å²) >= 11 is 0. The van der Waals surface area contributed by atoms with Crippen molar-refractivity contribution in [2.75, 3.05) is 52.4 Å². The van der Waals surface area contributed by atoms with Gasteiger partial charge in [0.2, 0.25) is 10.0 Å². The summed E-state index contributed by atoms with van der Waals surface area (Å²) in [6.07, 6.45) is 7.03. The molecule has 1 aromatic carbocycles. The molecule has 0 radical (unpaired) electrons. The van der Waals surface area contributed by atoms with E-state index in [2.05, 4.69) is 32.7 Å². The van der Waals surface area contributed by atoms with E-state index in [1.54, 1.807) is 0 Å². The summed E-state index contributed by atoms with van der Waals surface area (Å²) in [5, 5.41) is 2.89. The lowest BCUT2D eigenvalue weighted by Gasteiger charge is -2.33. The zero-order valence-corrected chi connectivity index (χ0v) is 17.3. The van der Waals surface area contributed by atoms with Gasteiger partial charge in [0.15, 0.2) is 0 Å². The van der Waals surface area contributed by atoms with E-state index in [1.807, 2.05) is 0 Å². The van der Waals surface area contributed by atoms with Crippen LogP contribution in [-0.2, 0) is 10.0 Å². The van der Waals surface area contributed by atoms with Crippen LogP contribution in [0.4, 0.5) is 0 Å². The number of benzene rings is 1. The second kappa shape index (κ2) is 11.2. The van der Waals surface area contributed by atoms with Gasteiger partial charge in [-0.25, -0.2) is 8.42 Å². The van der Waals surface area contributed by atoms with Crippen LogP contribution in [0.25, 0.3) is 0 Å². The molecule has 154 valence electrons. The number of carbonyl (C=O) groups is 1. The minimum Gasteiger partial charge on any atom is -0.352 e. The summed E-state index contributed by atoms with van der Waals surface area (Å²) < 4.78 is 26.2. The number of hydrogen-bond donors (Lipinski definition) is 2. The highest BCUT2D eigenvalue weighted by Gasteiger charge is 2.15. The number of terminal acetylenes is 1. The molecule has 2 rings (SSSR count). The molecule has 0 bridgehead atoms. The maximum atomic E-state index is 12.2. The second-order valence-electron chi connectivity index (χ2n) is 6.79. The molecule has 0 spiro atoms. The maximum Gasteiger partial charge on any atom is 0.251 e. The molecule has 1 aliphatic rings. The Labute approximate surface area is 168 Å². The molecule has 1 fully saturated rings. The van der Waals surface area contributed by atoms with E-state index in [0.29, 0.717) is 12.1 Å². The first kappa shape index (κ1) is 22.4. The van der Waals surface area contributed by atoms with E-state index >= 15 is 0 Å². The van der Waals surface area contributed by atoms with Crippen molar-refractivity contribution in [1.82, 2.24) is 19.8 Å². The summed E-state index contributed by atoms with van der Waals surface area (Å²) in [5.41, 5.74) is 0.437. The van der Waals surface area contributed by atoms with E-state index in [0.717, 1.165) is 52.1 Å². The molecular weight excluding hydrogens is 376 g/mol. The van der Waals surface area contributed by atoms with E-state index < -0.39 is 10.0 Å². The Kier molecular flexibility index (Phi) is 8.93. The van der Waals surface area contributed by atoms with Crippen LogP contribution in [0.2, 0.25) is 0 Å². The molecule has 1 aromatic rings. The van der Waals surface area contributed by atoms with Crippen LogP contribution in [0.5, 0.6) is 0 Å². The largest absolute Gasteiger partial charge is 0.352 e. The van der Waals surface area contributed by atoms with Gasteiger partial charge in [-0.15, -0.1) is 6.42 Å². The third-order valence-electron chi connectivity index (χ3n) is 4.89. The first-order chi connectivity index (χ1) is 13.5. The highest BCUT2D eigenvalue weighted by molar-refractivity contribution is 7.89. The normalized spacial score (nSPS) is 15.9. The van der Waals surface area contributed by atoms with Crippen LogP contribution < -0.4 is 10.0 Å². The number of nitrogens with zero attached hydrogens (tertiary/aromatic N) is 2. The highest BCUT2D eigenvalue weighted by atomic mass is 32.2. The zero-order valence-electron chi connectivity index (χ0n) is 16.5. The third kappa shape index (κ3) is 6.91. The van der Waals surface area contributed by atoms with Crippen molar-refractivity contribution in [3.8, 4) is 12.3 Å². The third-order valence-corrected chi connectivity index (χ3v) is 6.31. The Bertz CT molecular complexity index is 764. The first-order valence-electron chi connectivity index (χ1n) is 9.72. The monoisotopic (exact) mass is 406 g/mol. The molecule has 0 aromatic heterocycles. The van der Waals surface area contributed by atoms with Gasteiger partial charge >= 0.3 is 0 Å². The van der Waals surface area contributed by atoms with Gasteiger partial charge in [-0.2, -0.15) is 4.72 Å². The van der Waals surface area contributed by atoms with Crippen LogP contribution in [0.15, 0.2) is 29.2 Å². The van der Waals surface area contributed by atoms with Crippen molar-refractivity contribution in [3.05, 3.63) is 29.8 Å². The van der Waals surface area contributed by atoms with E-state index in [1.165, 1.54) is 24.3 Å². The average molecular weight is 407 g/mol. The molecular formula is C20H30N4O3S. The number of carbonyl (C=O) groups excluding carboxylic acids is 1. The predicted octanol–water partition coefficient (Wildman–Crippen LogP) is 0.746. The Morgan fingerprint density at radius 3 is 2.36 bits per heavy atom. The SMILES string of the molecule is C#CCNS(=O)(=O)c1ccc(C(=O)NCCCCN2CCN(CC)CC2)cc1. The minimum atomic E-state index is -3.64. The number of hydrogen-bond acceptors (Lipinski definition) is 5. The number of unbranched alkanes of at least 4 members (excludes halogenated alkanes) is 1. The number of rotatable bonds is 10. The lowest BCUT2D eigenvalue weighted by molar-refractivity contribution is 0.0951. The van der Waals surface area contributed by atoms with Gasteiger partial charge in [-0.3, -0.25) is 4.79 Å². The highest BCUT2D eigenvalue weighted by Crippen LogP contribution is 2.10. The molecule has 1 aliphatic heterocycles. The quantitative estimate of drug-likeness (QED) is 0.443. The molecule has 7 nitrogen and oxygen atoms in total. The van der Waals surface area contributed by atoms with E-state index in [-0.39, 0.29) is 17.3 Å². The van der Waals surface area contributed by atoms with E-state index in [4.69, 9.17) is 6.42 Å². The summed E-state index contributed by atoms with van der Waals surface area (Å²) in [7, 11) is -3.64. The van der Waals surface area contributed by atoms with Crippen LogP contribution in [0.3, 0.4) is 0 Å². The van der Waals surface area contributed by atoms with Crippen molar-refractivity contribution in [2.24, 2.45) is 0 Å². The van der Waals surface area contributed by atoms with Crippen molar-refractivity contribution < 1.29 is 13.2 Å². The van der Waals surface area contributed by atoms with Gasteiger partial charge in [0.1, 0.15) is 0 Å². The fourth-order valence-corrected chi connectivity index (χ4v) is 4.03. The van der Waals surface area contributed by atoms with Gasteiger partial charge in [-0.05, 0) is 50.2 Å². The minimum absolute atomic E-state index is 0.0706. The first-order valence-corrected chi connectivity index (χ1v) is 11.2. The van der Waals surface area contributed by atoms with Crippen molar-refractivity contribution in [3.63, 3.8) is 0 Å². The molecule has 28 heavy (non-hydrogen) atoms. The lowest BCUT2D eigenvalue weighted by Crippen LogP contribution is -2.46.